The molecule has 32 heavy (non-hydrogen) atoms. The molecular weight excluding hydrogens is 422 g/mol. The van der Waals surface area contributed by atoms with E-state index in [9.17, 15) is 0 Å². The Balaban J connectivity index is 1.25. The van der Waals surface area contributed by atoms with Crippen LogP contribution in [0.4, 0.5) is 16.6 Å². The van der Waals surface area contributed by atoms with Gasteiger partial charge in [-0.3, -0.25) is 0 Å². The van der Waals surface area contributed by atoms with Crippen molar-refractivity contribution in [3.05, 3.63) is 41.7 Å². The number of hydrogen-bond donors (Lipinski definition) is 1. The molecule has 7 nitrogen and oxygen atoms in total. The Bertz CT molecular complexity index is 1270. The van der Waals surface area contributed by atoms with Crippen LogP contribution in [0.1, 0.15) is 17.7 Å². The molecule has 8 heteroatoms. The van der Waals surface area contributed by atoms with E-state index in [4.69, 9.17) is 19.1 Å². The quantitative estimate of drug-likeness (QED) is 0.494. The number of fused-ring (bicyclic) bond motifs is 4. The Labute approximate surface area is 191 Å². The predicted octanol–water partition coefficient (Wildman–Crippen LogP) is 4.44. The highest BCUT2D eigenvalue weighted by Gasteiger charge is 2.26. The molecule has 6 rings (SSSR count). The van der Waals surface area contributed by atoms with Crippen LogP contribution in [-0.4, -0.2) is 61.3 Å². The van der Waals surface area contributed by atoms with Crippen LogP contribution in [0.3, 0.4) is 0 Å². The summed E-state index contributed by atoms with van der Waals surface area (Å²) in [6.07, 6.45) is 3.13. The van der Waals surface area contributed by atoms with Gasteiger partial charge in [-0.2, -0.15) is 4.98 Å². The van der Waals surface area contributed by atoms with Crippen molar-refractivity contribution in [1.82, 2.24) is 14.9 Å². The van der Waals surface area contributed by atoms with Crippen LogP contribution in [0.25, 0.3) is 21.3 Å². The Kier molecular flexibility index (Phi) is 5.01. The van der Waals surface area contributed by atoms with Gasteiger partial charge in [-0.1, -0.05) is 11.3 Å². The van der Waals surface area contributed by atoms with Crippen molar-refractivity contribution in [2.45, 2.75) is 25.3 Å². The number of nitrogens with zero attached hydrogens (tertiary/aromatic N) is 4. The normalized spacial score (nSPS) is 19.1. The Morgan fingerprint density at radius 1 is 1.12 bits per heavy atom. The van der Waals surface area contributed by atoms with E-state index in [0.717, 1.165) is 84.6 Å². The third-order valence-electron chi connectivity index (χ3n) is 6.55. The summed E-state index contributed by atoms with van der Waals surface area (Å²) < 4.78 is 12.8. The summed E-state index contributed by atoms with van der Waals surface area (Å²) in [4.78, 5) is 14.2. The van der Waals surface area contributed by atoms with Gasteiger partial charge in [-0.25, -0.2) is 4.98 Å². The second-order valence-corrected chi connectivity index (χ2v) is 9.83. The first kappa shape index (κ1) is 20.0. The zero-order chi connectivity index (χ0) is 21.7. The van der Waals surface area contributed by atoms with Crippen LogP contribution >= 0.6 is 11.3 Å². The van der Waals surface area contributed by atoms with Gasteiger partial charge in [-0.15, -0.1) is 0 Å². The number of rotatable bonds is 4. The van der Waals surface area contributed by atoms with Gasteiger partial charge in [-0.05, 0) is 57.3 Å². The number of aryl methyl sites for hydroxylation is 1. The Morgan fingerprint density at radius 2 is 2.00 bits per heavy atom. The number of morpholine rings is 1. The molecule has 0 unspecified atom stereocenters. The number of likely N-dealkylation sites (N-methyl/N-ethyl adjacent to an activating group) is 1. The molecule has 1 fully saturated rings. The van der Waals surface area contributed by atoms with Crippen LogP contribution in [0.15, 0.2) is 34.7 Å². The van der Waals surface area contributed by atoms with Crippen LogP contribution in [-0.2, 0) is 17.6 Å². The SMILES string of the molecule is CN(C)[C@H]1CCc2oc3nc(Nc4ccc5sc(N6CCOCC6)nc5c4)ccc3c2C1. The predicted molar refractivity (Wildman–Crippen MR) is 129 cm³/mol. The second-order valence-electron chi connectivity index (χ2n) is 8.82. The molecule has 1 aromatic carbocycles. The van der Waals surface area contributed by atoms with Crippen molar-refractivity contribution >= 4 is 49.3 Å². The number of pyridine rings is 1. The molecule has 3 aromatic heterocycles. The smallest absolute Gasteiger partial charge is 0.228 e. The highest BCUT2D eigenvalue weighted by Crippen LogP contribution is 2.34. The average molecular weight is 450 g/mol. The van der Waals surface area contributed by atoms with Gasteiger partial charge in [0.05, 0.1) is 23.4 Å². The number of ether oxygens (including phenoxy) is 1. The number of aromatic nitrogens is 2. The molecule has 0 spiro atoms. The summed E-state index contributed by atoms with van der Waals surface area (Å²) >= 11 is 1.74. The number of anilines is 3. The van der Waals surface area contributed by atoms with Crippen molar-refractivity contribution in [3.63, 3.8) is 0 Å². The number of benzene rings is 1. The van der Waals surface area contributed by atoms with E-state index in [2.05, 4.69) is 53.5 Å². The topological polar surface area (TPSA) is 66.7 Å². The fourth-order valence-corrected chi connectivity index (χ4v) is 5.68. The van der Waals surface area contributed by atoms with Crippen molar-refractivity contribution in [3.8, 4) is 0 Å². The largest absolute Gasteiger partial charge is 0.442 e. The fourth-order valence-electron chi connectivity index (χ4n) is 4.68. The van der Waals surface area contributed by atoms with E-state index in [1.54, 1.807) is 11.3 Å². The first-order chi connectivity index (χ1) is 15.6. The summed E-state index contributed by atoms with van der Waals surface area (Å²) in [6.45, 7) is 3.33. The van der Waals surface area contributed by atoms with E-state index >= 15 is 0 Å². The molecule has 0 radical (unpaired) electrons. The Morgan fingerprint density at radius 3 is 2.84 bits per heavy atom. The number of thiazole rings is 1. The molecular formula is C24H27N5O2S. The van der Waals surface area contributed by atoms with Crippen molar-refractivity contribution in [2.75, 3.05) is 50.6 Å². The van der Waals surface area contributed by atoms with E-state index in [-0.39, 0.29) is 0 Å². The minimum Gasteiger partial charge on any atom is -0.442 e. The van der Waals surface area contributed by atoms with Crippen LogP contribution in [0.5, 0.6) is 0 Å². The molecule has 1 N–H and O–H groups in total. The number of hydrogen-bond acceptors (Lipinski definition) is 8. The third-order valence-corrected chi connectivity index (χ3v) is 7.64. The number of furan rings is 1. The lowest BCUT2D eigenvalue weighted by molar-refractivity contribution is 0.122. The van der Waals surface area contributed by atoms with Gasteiger partial charge in [0.2, 0.25) is 5.71 Å². The maximum atomic E-state index is 6.14. The zero-order valence-corrected chi connectivity index (χ0v) is 19.2. The third kappa shape index (κ3) is 3.62. The molecule has 0 amide bonds. The summed E-state index contributed by atoms with van der Waals surface area (Å²) in [5.74, 6) is 1.89. The minimum absolute atomic E-state index is 0.563. The zero-order valence-electron chi connectivity index (χ0n) is 18.4. The first-order valence-corrected chi connectivity index (χ1v) is 12.0. The molecule has 1 aliphatic carbocycles. The summed E-state index contributed by atoms with van der Waals surface area (Å²) in [7, 11) is 4.31. The lowest BCUT2D eigenvalue weighted by atomic mass is 9.91. The summed E-state index contributed by atoms with van der Waals surface area (Å²) in [5.41, 5.74) is 4.03. The molecule has 166 valence electrons. The minimum atomic E-state index is 0.563. The highest BCUT2D eigenvalue weighted by molar-refractivity contribution is 7.22. The van der Waals surface area contributed by atoms with Crippen LogP contribution < -0.4 is 10.2 Å². The molecule has 1 saturated heterocycles. The number of nitrogens with one attached hydrogen (secondary N) is 1. The summed E-state index contributed by atoms with van der Waals surface area (Å²) in [5, 5.41) is 5.64. The lowest BCUT2D eigenvalue weighted by Gasteiger charge is -2.27. The fraction of sp³-hybridized carbons (Fsp3) is 0.417. The molecule has 0 saturated carbocycles. The molecule has 2 aliphatic rings. The van der Waals surface area contributed by atoms with Crippen LogP contribution in [0.2, 0.25) is 0 Å². The first-order valence-electron chi connectivity index (χ1n) is 11.2. The van der Waals surface area contributed by atoms with Gasteiger partial charge in [0.15, 0.2) is 5.13 Å². The Hall–Kier alpha value is -2.68. The highest BCUT2D eigenvalue weighted by atomic mass is 32.1. The molecule has 4 heterocycles. The molecule has 1 aliphatic heterocycles. The van der Waals surface area contributed by atoms with Crippen LogP contribution in [0, 0.1) is 0 Å². The maximum Gasteiger partial charge on any atom is 0.228 e. The second kappa shape index (κ2) is 8.03. The monoisotopic (exact) mass is 449 g/mol. The van der Waals surface area contributed by atoms with Gasteiger partial charge in [0, 0.05) is 42.2 Å². The molecule has 4 aromatic rings. The van der Waals surface area contributed by atoms with Gasteiger partial charge in [0.25, 0.3) is 0 Å². The van der Waals surface area contributed by atoms with E-state index in [1.807, 2.05) is 6.07 Å². The van der Waals surface area contributed by atoms with Gasteiger partial charge < -0.3 is 24.3 Å². The van der Waals surface area contributed by atoms with Crippen molar-refractivity contribution in [1.29, 1.82) is 0 Å². The lowest BCUT2D eigenvalue weighted by Crippen LogP contribution is -2.36. The van der Waals surface area contributed by atoms with E-state index in [0.29, 0.717) is 6.04 Å². The molecule has 1 atom stereocenters. The van der Waals surface area contributed by atoms with Gasteiger partial charge >= 0.3 is 0 Å². The van der Waals surface area contributed by atoms with E-state index in [1.165, 1.54) is 10.3 Å². The van der Waals surface area contributed by atoms with Crippen molar-refractivity contribution < 1.29 is 9.15 Å². The molecule has 0 bridgehead atoms. The van der Waals surface area contributed by atoms with Crippen molar-refractivity contribution in [2.24, 2.45) is 0 Å². The standard InChI is InChI=1S/C24H27N5O2S/c1-28(2)16-4-6-20-18(14-16)17-5-8-22(27-23(17)31-20)25-15-3-7-21-19(13-15)26-24(32-21)29-9-11-30-12-10-29/h3,5,7-8,13,16H,4,6,9-12,14H2,1-2H3,(H,25,27)/t16-/m0/s1. The maximum absolute atomic E-state index is 6.14. The van der Waals surface area contributed by atoms with Gasteiger partial charge in [0.1, 0.15) is 11.6 Å². The average Bonchev–Trinajstić information content (AvgIpc) is 3.39. The summed E-state index contributed by atoms with van der Waals surface area (Å²) in [6, 6.07) is 11.1. The van der Waals surface area contributed by atoms with E-state index < -0.39 is 0 Å².